The monoisotopic (exact) mass is 247 g/mol. The van der Waals surface area contributed by atoms with Gasteiger partial charge in [-0.05, 0) is 12.8 Å². The highest BCUT2D eigenvalue weighted by atomic mass is 16.2. The minimum Gasteiger partial charge on any atom is -0.373 e. The van der Waals surface area contributed by atoms with Gasteiger partial charge in [-0.15, -0.1) is 0 Å². The second-order valence-corrected chi connectivity index (χ2v) is 4.77. The molecule has 1 aromatic heterocycles. The first kappa shape index (κ1) is 11.3. The van der Waals surface area contributed by atoms with E-state index in [0.29, 0.717) is 19.0 Å². The maximum atomic E-state index is 11.4. The van der Waals surface area contributed by atoms with Crippen molar-refractivity contribution in [2.24, 2.45) is 0 Å². The number of hydrogen-bond donors (Lipinski definition) is 2. The lowest BCUT2D eigenvalue weighted by Gasteiger charge is -2.28. The minimum atomic E-state index is 0.0545. The standard InChI is InChI=1S/C12H17N5O/c1-13-9-6-10(16-12(15-9)8-2-3-8)17-5-4-14-11(18)7-17/h6,8H,2-5,7H2,1H3,(H,14,18)(H,13,15,16). The van der Waals surface area contributed by atoms with E-state index in [4.69, 9.17) is 0 Å². The lowest BCUT2D eigenvalue weighted by Crippen LogP contribution is -2.48. The molecule has 0 aromatic carbocycles. The molecule has 18 heavy (non-hydrogen) atoms. The average Bonchev–Trinajstić information content (AvgIpc) is 3.22. The second-order valence-electron chi connectivity index (χ2n) is 4.77. The van der Waals surface area contributed by atoms with Gasteiger partial charge in [0.25, 0.3) is 0 Å². The Balaban J connectivity index is 1.89. The molecule has 2 N–H and O–H groups in total. The lowest BCUT2D eigenvalue weighted by molar-refractivity contribution is -0.120. The molecule has 1 amide bonds. The van der Waals surface area contributed by atoms with Crippen LogP contribution in [0.15, 0.2) is 6.07 Å². The highest BCUT2D eigenvalue weighted by Gasteiger charge is 2.28. The Bertz CT molecular complexity index is 472. The molecule has 0 unspecified atom stereocenters. The number of rotatable bonds is 3. The Morgan fingerprint density at radius 1 is 1.44 bits per heavy atom. The van der Waals surface area contributed by atoms with Gasteiger partial charge in [-0.3, -0.25) is 4.79 Å². The summed E-state index contributed by atoms with van der Waals surface area (Å²) in [4.78, 5) is 22.5. The van der Waals surface area contributed by atoms with Gasteiger partial charge in [-0.25, -0.2) is 9.97 Å². The first-order valence-corrected chi connectivity index (χ1v) is 6.34. The molecule has 0 radical (unpaired) electrons. The third-order valence-electron chi connectivity index (χ3n) is 3.29. The van der Waals surface area contributed by atoms with Gasteiger partial charge in [0.15, 0.2) is 0 Å². The molecule has 1 saturated carbocycles. The highest BCUT2D eigenvalue weighted by Crippen LogP contribution is 2.39. The van der Waals surface area contributed by atoms with E-state index in [-0.39, 0.29) is 5.91 Å². The Hall–Kier alpha value is -1.85. The minimum absolute atomic E-state index is 0.0545. The van der Waals surface area contributed by atoms with E-state index < -0.39 is 0 Å². The smallest absolute Gasteiger partial charge is 0.239 e. The molecule has 0 bridgehead atoms. The molecular formula is C12H17N5O. The van der Waals surface area contributed by atoms with Crippen molar-refractivity contribution in [3.05, 3.63) is 11.9 Å². The Kier molecular flexibility index (Phi) is 2.77. The van der Waals surface area contributed by atoms with Crippen LogP contribution in [0.25, 0.3) is 0 Å². The molecule has 0 spiro atoms. The van der Waals surface area contributed by atoms with Crippen LogP contribution in [0.5, 0.6) is 0 Å². The predicted octanol–water partition coefficient (Wildman–Crippen LogP) is 0.332. The van der Waals surface area contributed by atoms with E-state index in [0.717, 1.165) is 24.0 Å². The molecule has 2 aliphatic rings. The van der Waals surface area contributed by atoms with E-state index in [1.54, 1.807) is 0 Å². The van der Waals surface area contributed by atoms with Crippen LogP contribution in [0.1, 0.15) is 24.6 Å². The fourth-order valence-corrected chi connectivity index (χ4v) is 2.10. The first-order chi connectivity index (χ1) is 8.76. The summed E-state index contributed by atoms with van der Waals surface area (Å²) in [5, 5.41) is 5.88. The molecule has 2 heterocycles. The van der Waals surface area contributed by atoms with Crippen LogP contribution in [0.2, 0.25) is 0 Å². The summed E-state index contributed by atoms with van der Waals surface area (Å²) in [6, 6.07) is 1.91. The van der Waals surface area contributed by atoms with E-state index in [1.165, 1.54) is 12.8 Å². The first-order valence-electron chi connectivity index (χ1n) is 6.34. The van der Waals surface area contributed by atoms with E-state index in [2.05, 4.69) is 20.6 Å². The Morgan fingerprint density at radius 3 is 2.94 bits per heavy atom. The van der Waals surface area contributed by atoms with Gasteiger partial charge in [-0.2, -0.15) is 0 Å². The third-order valence-corrected chi connectivity index (χ3v) is 3.29. The van der Waals surface area contributed by atoms with Crippen LogP contribution in [0, 0.1) is 0 Å². The molecule has 2 fully saturated rings. The van der Waals surface area contributed by atoms with Crippen LogP contribution in [-0.4, -0.2) is 42.6 Å². The normalized spacial score (nSPS) is 19.6. The van der Waals surface area contributed by atoms with Crippen molar-refractivity contribution in [3.63, 3.8) is 0 Å². The summed E-state index contributed by atoms with van der Waals surface area (Å²) in [5.41, 5.74) is 0. The van der Waals surface area contributed by atoms with Gasteiger partial charge in [0, 0.05) is 32.1 Å². The number of nitrogens with zero attached hydrogens (tertiary/aromatic N) is 3. The number of hydrogen-bond acceptors (Lipinski definition) is 5. The number of carbonyl (C=O) groups excluding carboxylic acids is 1. The van der Waals surface area contributed by atoms with E-state index >= 15 is 0 Å². The molecule has 1 aliphatic carbocycles. The SMILES string of the molecule is CNc1cc(N2CCNC(=O)C2)nc(C2CC2)n1. The van der Waals surface area contributed by atoms with Crippen LogP contribution in [0.3, 0.4) is 0 Å². The van der Waals surface area contributed by atoms with Crippen molar-refractivity contribution in [1.29, 1.82) is 0 Å². The van der Waals surface area contributed by atoms with Crippen molar-refractivity contribution >= 4 is 17.5 Å². The zero-order valence-electron chi connectivity index (χ0n) is 10.4. The molecule has 1 aliphatic heterocycles. The zero-order valence-corrected chi connectivity index (χ0v) is 10.4. The van der Waals surface area contributed by atoms with Gasteiger partial charge in [0.2, 0.25) is 5.91 Å². The molecule has 96 valence electrons. The maximum absolute atomic E-state index is 11.4. The Labute approximate surface area is 106 Å². The van der Waals surface area contributed by atoms with E-state index in [9.17, 15) is 4.79 Å². The number of carbonyl (C=O) groups is 1. The summed E-state index contributed by atoms with van der Waals surface area (Å²) < 4.78 is 0. The third kappa shape index (κ3) is 2.23. The molecular weight excluding hydrogens is 230 g/mol. The van der Waals surface area contributed by atoms with Gasteiger partial charge in [0.05, 0.1) is 6.54 Å². The number of amides is 1. The summed E-state index contributed by atoms with van der Waals surface area (Å²) >= 11 is 0. The quantitative estimate of drug-likeness (QED) is 0.805. The number of anilines is 2. The van der Waals surface area contributed by atoms with Crippen molar-refractivity contribution < 1.29 is 4.79 Å². The molecule has 1 saturated heterocycles. The van der Waals surface area contributed by atoms with Crippen LogP contribution in [-0.2, 0) is 4.79 Å². The van der Waals surface area contributed by atoms with Gasteiger partial charge in [0.1, 0.15) is 17.5 Å². The Morgan fingerprint density at radius 2 is 2.28 bits per heavy atom. The fourth-order valence-electron chi connectivity index (χ4n) is 2.10. The van der Waals surface area contributed by atoms with E-state index in [1.807, 2.05) is 18.0 Å². The molecule has 1 aromatic rings. The fraction of sp³-hybridized carbons (Fsp3) is 0.583. The largest absolute Gasteiger partial charge is 0.373 e. The molecule has 6 nitrogen and oxygen atoms in total. The average molecular weight is 247 g/mol. The topological polar surface area (TPSA) is 70.2 Å². The number of piperazine rings is 1. The number of aromatic nitrogens is 2. The van der Waals surface area contributed by atoms with Crippen molar-refractivity contribution in [2.75, 3.05) is 36.9 Å². The summed E-state index contributed by atoms with van der Waals surface area (Å²) in [7, 11) is 1.85. The van der Waals surface area contributed by atoms with Crippen molar-refractivity contribution in [2.45, 2.75) is 18.8 Å². The zero-order chi connectivity index (χ0) is 12.5. The van der Waals surface area contributed by atoms with Crippen LogP contribution < -0.4 is 15.5 Å². The van der Waals surface area contributed by atoms with Gasteiger partial charge in [-0.1, -0.05) is 0 Å². The summed E-state index contributed by atoms with van der Waals surface area (Å²) in [5.74, 6) is 3.15. The molecule has 0 atom stereocenters. The summed E-state index contributed by atoms with van der Waals surface area (Å²) in [6.07, 6.45) is 2.35. The van der Waals surface area contributed by atoms with Crippen LogP contribution in [0.4, 0.5) is 11.6 Å². The van der Waals surface area contributed by atoms with Gasteiger partial charge >= 0.3 is 0 Å². The number of nitrogens with one attached hydrogen (secondary N) is 2. The predicted molar refractivity (Wildman–Crippen MR) is 68.8 cm³/mol. The second kappa shape index (κ2) is 4.44. The van der Waals surface area contributed by atoms with Crippen molar-refractivity contribution in [1.82, 2.24) is 15.3 Å². The lowest BCUT2D eigenvalue weighted by atomic mass is 10.3. The highest BCUT2D eigenvalue weighted by molar-refractivity contribution is 5.82. The van der Waals surface area contributed by atoms with Crippen LogP contribution >= 0.6 is 0 Å². The summed E-state index contributed by atoms with van der Waals surface area (Å²) in [6.45, 7) is 1.86. The molecule has 6 heteroatoms. The maximum Gasteiger partial charge on any atom is 0.239 e. The molecule has 3 rings (SSSR count). The van der Waals surface area contributed by atoms with Gasteiger partial charge < -0.3 is 15.5 Å². The van der Waals surface area contributed by atoms with Crippen molar-refractivity contribution in [3.8, 4) is 0 Å².